The lowest BCUT2D eigenvalue weighted by atomic mass is 10.0. The Morgan fingerprint density at radius 2 is 2.38 bits per heavy atom. The second-order valence-corrected chi connectivity index (χ2v) is 4.19. The molecule has 84 valence electrons. The second-order valence-electron chi connectivity index (χ2n) is 3.08. The van der Waals surface area contributed by atoms with Gasteiger partial charge in [-0.25, -0.2) is 4.39 Å². The number of esters is 1. The van der Waals surface area contributed by atoms with Gasteiger partial charge in [0.05, 0.1) is 12.7 Å². The summed E-state index contributed by atoms with van der Waals surface area (Å²) in [5.41, 5.74) is 0.450. The molecule has 0 saturated carbocycles. The molecule has 0 bridgehead atoms. The van der Waals surface area contributed by atoms with Crippen LogP contribution in [0, 0.1) is 17.1 Å². The zero-order valence-electron chi connectivity index (χ0n) is 8.54. The Hall–Kier alpha value is -1.41. The van der Waals surface area contributed by atoms with Gasteiger partial charge in [0, 0.05) is 0 Å². The number of hydrogen-bond donors (Lipinski definition) is 0. The van der Waals surface area contributed by atoms with Crippen LogP contribution in [0.4, 0.5) is 4.39 Å². The molecule has 16 heavy (non-hydrogen) atoms. The van der Waals surface area contributed by atoms with Crippen molar-refractivity contribution in [3.05, 3.63) is 35.1 Å². The molecule has 0 fully saturated rings. The van der Waals surface area contributed by atoms with Crippen LogP contribution in [0.5, 0.6) is 0 Å². The first-order valence-electron chi connectivity index (χ1n) is 4.49. The van der Waals surface area contributed by atoms with Crippen LogP contribution >= 0.6 is 15.9 Å². The van der Waals surface area contributed by atoms with Crippen molar-refractivity contribution < 1.29 is 13.9 Å². The minimum atomic E-state index is -0.579. The summed E-state index contributed by atoms with van der Waals surface area (Å²) < 4.78 is 17.8. The molecule has 1 aromatic carbocycles. The van der Waals surface area contributed by atoms with Crippen molar-refractivity contribution in [3.63, 3.8) is 0 Å². The number of nitrogens with zero attached hydrogens (tertiary/aromatic N) is 1. The van der Waals surface area contributed by atoms with E-state index in [0.29, 0.717) is 5.56 Å². The molecule has 0 radical (unpaired) electrons. The van der Waals surface area contributed by atoms with E-state index < -0.39 is 16.6 Å². The molecule has 0 aliphatic carbocycles. The maximum atomic E-state index is 13.2. The largest absolute Gasteiger partial charge is 0.468 e. The summed E-state index contributed by atoms with van der Waals surface area (Å²) in [6, 6.07) is 6.10. The van der Waals surface area contributed by atoms with Gasteiger partial charge in [-0.2, -0.15) is 5.26 Å². The van der Waals surface area contributed by atoms with Crippen LogP contribution in [-0.2, 0) is 16.0 Å². The molecule has 3 nitrogen and oxygen atoms in total. The molecule has 0 saturated heterocycles. The Morgan fingerprint density at radius 3 is 2.94 bits per heavy atom. The average molecular weight is 286 g/mol. The van der Waals surface area contributed by atoms with E-state index in [0.717, 1.165) is 0 Å². The van der Waals surface area contributed by atoms with Gasteiger partial charge in [-0.1, -0.05) is 28.1 Å². The zero-order chi connectivity index (χ0) is 12.1. The Morgan fingerprint density at radius 1 is 1.69 bits per heavy atom. The van der Waals surface area contributed by atoms with Crippen LogP contribution < -0.4 is 0 Å². The van der Waals surface area contributed by atoms with Crippen molar-refractivity contribution in [2.24, 2.45) is 0 Å². The molecule has 0 aliphatic heterocycles. The lowest BCUT2D eigenvalue weighted by Crippen LogP contribution is -2.18. The SMILES string of the molecule is COC(=O)C(Br)Cc1cccc(F)c1C#N. The van der Waals surface area contributed by atoms with Gasteiger partial charge in [0.15, 0.2) is 0 Å². The van der Waals surface area contributed by atoms with Gasteiger partial charge in [-0.15, -0.1) is 0 Å². The van der Waals surface area contributed by atoms with E-state index in [4.69, 9.17) is 5.26 Å². The van der Waals surface area contributed by atoms with Crippen molar-refractivity contribution in [1.82, 2.24) is 0 Å². The Labute approximate surface area is 101 Å². The fourth-order valence-electron chi connectivity index (χ4n) is 1.27. The normalized spacial score (nSPS) is 11.6. The van der Waals surface area contributed by atoms with E-state index in [-0.39, 0.29) is 12.0 Å². The smallest absolute Gasteiger partial charge is 0.319 e. The lowest BCUT2D eigenvalue weighted by Gasteiger charge is -2.09. The average Bonchev–Trinajstić information content (AvgIpc) is 2.28. The second kappa shape index (κ2) is 5.61. The number of hydrogen-bond acceptors (Lipinski definition) is 3. The summed E-state index contributed by atoms with van der Waals surface area (Å²) in [5.74, 6) is -1.03. The molecule has 0 amide bonds. The van der Waals surface area contributed by atoms with Gasteiger partial charge >= 0.3 is 5.97 Å². The molecule has 0 aliphatic rings. The van der Waals surface area contributed by atoms with Gasteiger partial charge in [0.2, 0.25) is 0 Å². The predicted molar refractivity (Wildman–Crippen MR) is 59.6 cm³/mol. The van der Waals surface area contributed by atoms with E-state index in [2.05, 4.69) is 20.7 Å². The van der Waals surface area contributed by atoms with Crippen LogP contribution in [-0.4, -0.2) is 17.9 Å². The Bertz CT molecular complexity index is 442. The Kier molecular flexibility index (Phi) is 4.44. The number of benzene rings is 1. The van der Waals surface area contributed by atoms with Gasteiger partial charge in [-0.3, -0.25) is 4.79 Å². The summed E-state index contributed by atoms with van der Waals surface area (Å²) in [6.07, 6.45) is 0.216. The number of halogens is 2. The quantitative estimate of drug-likeness (QED) is 0.632. The van der Waals surface area contributed by atoms with E-state index in [1.165, 1.54) is 19.2 Å². The highest BCUT2D eigenvalue weighted by molar-refractivity contribution is 9.10. The van der Waals surface area contributed by atoms with Crippen LogP contribution in [0.15, 0.2) is 18.2 Å². The number of rotatable bonds is 3. The highest BCUT2D eigenvalue weighted by Crippen LogP contribution is 2.17. The number of carbonyl (C=O) groups excluding carboxylic acids is 1. The van der Waals surface area contributed by atoms with E-state index in [9.17, 15) is 9.18 Å². The zero-order valence-corrected chi connectivity index (χ0v) is 10.1. The molecule has 0 N–H and O–H groups in total. The molecule has 1 aromatic rings. The first kappa shape index (κ1) is 12.7. The number of methoxy groups -OCH3 is 1. The highest BCUT2D eigenvalue weighted by atomic mass is 79.9. The van der Waals surface area contributed by atoms with E-state index in [1.54, 1.807) is 12.1 Å². The van der Waals surface area contributed by atoms with Crippen molar-refractivity contribution in [2.45, 2.75) is 11.2 Å². The van der Waals surface area contributed by atoms with Gasteiger partial charge in [0.1, 0.15) is 16.7 Å². The number of alkyl halides is 1. The summed E-state index contributed by atoms with van der Waals surface area (Å²) in [6.45, 7) is 0. The van der Waals surface area contributed by atoms with Crippen molar-refractivity contribution in [3.8, 4) is 6.07 Å². The molecule has 0 spiro atoms. The summed E-state index contributed by atoms with van der Waals surface area (Å²) >= 11 is 3.12. The molecular weight excluding hydrogens is 277 g/mol. The van der Waals surface area contributed by atoms with Crippen molar-refractivity contribution in [2.75, 3.05) is 7.11 Å². The fraction of sp³-hybridized carbons (Fsp3) is 0.273. The molecule has 1 atom stereocenters. The topological polar surface area (TPSA) is 50.1 Å². The third-order valence-electron chi connectivity index (χ3n) is 2.07. The van der Waals surface area contributed by atoms with Crippen LogP contribution in [0.3, 0.4) is 0 Å². The number of ether oxygens (including phenoxy) is 1. The molecular formula is C11H9BrFNO2. The van der Waals surface area contributed by atoms with Gasteiger partial charge in [-0.05, 0) is 18.1 Å². The minimum absolute atomic E-state index is 0.0316. The van der Waals surface area contributed by atoms with Crippen molar-refractivity contribution in [1.29, 1.82) is 5.26 Å². The maximum absolute atomic E-state index is 13.2. The predicted octanol–water partition coefficient (Wildman–Crippen LogP) is 2.18. The number of carbonyl (C=O) groups is 1. The van der Waals surface area contributed by atoms with E-state index in [1.807, 2.05) is 0 Å². The summed E-state index contributed by atoms with van der Waals surface area (Å²) in [4.78, 5) is 10.6. The molecule has 1 rings (SSSR count). The van der Waals surface area contributed by atoms with E-state index >= 15 is 0 Å². The molecule has 0 aromatic heterocycles. The van der Waals surface area contributed by atoms with Crippen LogP contribution in [0.25, 0.3) is 0 Å². The molecule has 5 heteroatoms. The van der Waals surface area contributed by atoms with Crippen LogP contribution in [0.1, 0.15) is 11.1 Å². The molecule has 1 unspecified atom stereocenters. The first-order chi connectivity index (χ1) is 7.60. The van der Waals surface area contributed by atoms with Crippen LogP contribution in [0.2, 0.25) is 0 Å². The fourth-order valence-corrected chi connectivity index (χ4v) is 1.80. The monoisotopic (exact) mass is 285 g/mol. The maximum Gasteiger partial charge on any atom is 0.319 e. The summed E-state index contributed by atoms with van der Waals surface area (Å²) in [7, 11) is 1.27. The van der Waals surface area contributed by atoms with Gasteiger partial charge < -0.3 is 4.74 Å². The molecule has 0 heterocycles. The summed E-state index contributed by atoms with van der Waals surface area (Å²) in [5, 5.41) is 8.79. The highest BCUT2D eigenvalue weighted by Gasteiger charge is 2.18. The Balaban J connectivity index is 2.94. The lowest BCUT2D eigenvalue weighted by molar-refractivity contribution is -0.139. The minimum Gasteiger partial charge on any atom is -0.468 e. The number of nitriles is 1. The third-order valence-corrected chi connectivity index (χ3v) is 2.77. The third kappa shape index (κ3) is 2.80. The van der Waals surface area contributed by atoms with Crippen molar-refractivity contribution >= 4 is 21.9 Å². The standard InChI is InChI=1S/C11H9BrFNO2/c1-16-11(15)9(12)5-7-3-2-4-10(13)8(7)6-14/h2-4,9H,5H2,1H3. The van der Waals surface area contributed by atoms with Gasteiger partial charge in [0.25, 0.3) is 0 Å². The first-order valence-corrected chi connectivity index (χ1v) is 5.41.